The molecule has 9 heteroatoms. The number of imide groups is 1. The van der Waals surface area contributed by atoms with E-state index in [0.717, 1.165) is 10.6 Å². The van der Waals surface area contributed by atoms with Crippen molar-refractivity contribution in [3.8, 4) is 11.4 Å². The smallest absolute Gasteiger partial charge is 0.262 e. The first-order valence-electron chi connectivity index (χ1n) is 7.17. The molecule has 25 heavy (non-hydrogen) atoms. The molecule has 2 aromatic heterocycles. The van der Waals surface area contributed by atoms with Crippen LogP contribution in [0.2, 0.25) is 5.02 Å². The van der Waals surface area contributed by atoms with Gasteiger partial charge in [0.15, 0.2) is 0 Å². The molecule has 0 unspecified atom stereocenters. The van der Waals surface area contributed by atoms with E-state index in [1.807, 2.05) is 0 Å². The van der Waals surface area contributed by atoms with E-state index >= 15 is 0 Å². The molecule has 1 aliphatic rings. The number of nitrogens with zero attached hydrogens (tertiary/aromatic N) is 3. The molecule has 3 heterocycles. The van der Waals surface area contributed by atoms with Gasteiger partial charge < -0.3 is 10.3 Å². The van der Waals surface area contributed by atoms with Crippen molar-refractivity contribution in [1.82, 2.24) is 19.4 Å². The molecule has 0 fully saturated rings. The highest BCUT2D eigenvalue weighted by Crippen LogP contribution is 2.30. The minimum atomic E-state index is -0.642. The summed E-state index contributed by atoms with van der Waals surface area (Å²) in [6.45, 7) is 0. The minimum Gasteiger partial charge on any atom is -0.384 e. The summed E-state index contributed by atoms with van der Waals surface area (Å²) in [7, 11) is 0. The molecule has 1 aromatic carbocycles. The minimum absolute atomic E-state index is 0.0267. The number of amides is 2. The van der Waals surface area contributed by atoms with Gasteiger partial charge in [0.25, 0.3) is 17.4 Å². The Morgan fingerprint density at radius 2 is 1.96 bits per heavy atom. The Labute approximate surface area is 145 Å². The van der Waals surface area contributed by atoms with Crippen LogP contribution in [0.5, 0.6) is 0 Å². The van der Waals surface area contributed by atoms with Crippen LogP contribution in [0.3, 0.4) is 0 Å². The number of nitrogen functional groups attached to an aromatic ring is 1. The zero-order valence-corrected chi connectivity index (χ0v) is 13.3. The normalized spacial score (nSPS) is 13.0. The molecule has 0 radical (unpaired) electrons. The first kappa shape index (κ1) is 15.2. The van der Waals surface area contributed by atoms with Crippen molar-refractivity contribution in [3.63, 3.8) is 0 Å². The van der Waals surface area contributed by atoms with E-state index < -0.39 is 17.4 Å². The number of benzene rings is 1. The number of hydrogen-bond donors (Lipinski definition) is 2. The number of rotatable bonds is 2. The van der Waals surface area contributed by atoms with Gasteiger partial charge in [-0.1, -0.05) is 17.7 Å². The van der Waals surface area contributed by atoms with Gasteiger partial charge in [0.05, 0.1) is 33.9 Å². The van der Waals surface area contributed by atoms with E-state index in [4.69, 9.17) is 17.3 Å². The number of imidazole rings is 1. The van der Waals surface area contributed by atoms with Crippen LogP contribution >= 0.6 is 11.6 Å². The number of anilines is 1. The van der Waals surface area contributed by atoms with Gasteiger partial charge in [-0.15, -0.1) is 0 Å². The fourth-order valence-corrected chi connectivity index (χ4v) is 3.13. The summed E-state index contributed by atoms with van der Waals surface area (Å²) < 4.78 is 2.78. The molecule has 0 saturated heterocycles. The van der Waals surface area contributed by atoms with Crippen molar-refractivity contribution in [2.75, 3.05) is 5.73 Å². The molecule has 0 aliphatic carbocycles. The Kier molecular flexibility index (Phi) is 3.22. The van der Waals surface area contributed by atoms with Crippen molar-refractivity contribution in [2.24, 2.45) is 0 Å². The van der Waals surface area contributed by atoms with Crippen LogP contribution in [0.1, 0.15) is 20.7 Å². The summed E-state index contributed by atoms with van der Waals surface area (Å²) in [5.41, 5.74) is 6.30. The maximum Gasteiger partial charge on any atom is 0.262 e. The number of fused-ring (bicyclic) bond motifs is 1. The maximum absolute atomic E-state index is 12.6. The van der Waals surface area contributed by atoms with E-state index in [1.165, 1.54) is 6.33 Å². The van der Waals surface area contributed by atoms with Crippen LogP contribution in [0, 0.1) is 0 Å². The summed E-state index contributed by atoms with van der Waals surface area (Å²) in [6, 6.07) is 6.04. The number of carbonyl (C=O) groups is 2. The van der Waals surface area contributed by atoms with Crippen LogP contribution in [0.25, 0.3) is 11.4 Å². The van der Waals surface area contributed by atoms with Crippen LogP contribution in [0.15, 0.2) is 47.8 Å². The second kappa shape index (κ2) is 5.32. The summed E-state index contributed by atoms with van der Waals surface area (Å²) in [6.07, 6.45) is 4.75. The summed E-state index contributed by atoms with van der Waals surface area (Å²) in [5, 5.41) is 2.49. The van der Waals surface area contributed by atoms with Crippen molar-refractivity contribution in [2.45, 2.75) is 0 Å². The monoisotopic (exact) mass is 355 g/mol. The molecular formula is C16H10ClN5O3. The van der Waals surface area contributed by atoms with E-state index in [0.29, 0.717) is 16.4 Å². The van der Waals surface area contributed by atoms with Gasteiger partial charge in [0.1, 0.15) is 5.82 Å². The third-order valence-electron chi connectivity index (χ3n) is 3.92. The van der Waals surface area contributed by atoms with Gasteiger partial charge in [-0.05, 0) is 12.1 Å². The van der Waals surface area contributed by atoms with Crippen molar-refractivity contribution >= 4 is 29.2 Å². The first-order valence-corrected chi connectivity index (χ1v) is 7.55. The lowest BCUT2D eigenvalue weighted by atomic mass is 10.1. The summed E-state index contributed by atoms with van der Waals surface area (Å²) in [5.74, 6) is -1.41. The molecule has 0 bridgehead atoms. The molecule has 124 valence electrons. The lowest BCUT2D eigenvalue weighted by molar-refractivity contribution is 0.0880. The second-order valence-corrected chi connectivity index (χ2v) is 5.76. The number of hydrogen-bond acceptors (Lipinski definition) is 5. The Morgan fingerprint density at radius 3 is 2.68 bits per heavy atom. The predicted octanol–water partition coefficient (Wildman–Crippen LogP) is 1.14. The lowest BCUT2D eigenvalue weighted by Gasteiger charge is -2.17. The number of nitrogens with two attached hydrogens (primary N) is 1. The Morgan fingerprint density at radius 1 is 1.16 bits per heavy atom. The number of pyridine rings is 1. The van der Waals surface area contributed by atoms with Crippen LogP contribution < -0.4 is 16.6 Å². The zero-order valence-electron chi connectivity index (χ0n) is 12.6. The number of carbonyl (C=O) groups excluding carboxylic acids is 2. The SMILES string of the molecule is Nc1c2c(cc(=O)n1-c1cccc(Cl)c1-n1ccnc1)C(=O)NC2=O. The highest BCUT2D eigenvalue weighted by molar-refractivity contribution is 6.32. The van der Waals surface area contributed by atoms with Crippen molar-refractivity contribution < 1.29 is 9.59 Å². The van der Waals surface area contributed by atoms with E-state index in [1.54, 1.807) is 35.2 Å². The fourth-order valence-electron chi connectivity index (χ4n) is 2.86. The number of nitrogens with one attached hydrogen (secondary N) is 1. The molecule has 8 nitrogen and oxygen atoms in total. The average molecular weight is 356 g/mol. The first-order chi connectivity index (χ1) is 12.0. The molecule has 2 amide bonds. The lowest BCUT2D eigenvalue weighted by Crippen LogP contribution is -2.25. The quantitative estimate of drug-likeness (QED) is 0.669. The van der Waals surface area contributed by atoms with Crippen LogP contribution in [0.4, 0.5) is 5.82 Å². The number of para-hydroxylation sites is 1. The highest BCUT2D eigenvalue weighted by Gasteiger charge is 2.32. The molecule has 4 rings (SSSR count). The van der Waals surface area contributed by atoms with Gasteiger partial charge in [-0.3, -0.25) is 24.3 Å². The zero-order chi connectivity index (χ0) is 17.7. The molecule has 0 spiro atoms. The fraction of sp³-hybridized carbons (Fsp3) is 0. The number of aromatic nitrogens is 3. The average Bonchev–Trinajstić information content (AvgIpc) is 3.16. The molecule has 1 aliphatic heterocycles. The standard InChI is InChI=1S/C16H10ClN5O3/c17-9-2-1-3-10(13(9)21-5-4-19-7-21)22-11(23)6-8-12(14(22)18)16(25)20-15(8)24/h1-7H,18H2,(H,20,24,25). The Bertz CT molecular complexity index is 1100. The highest BCUT2D eigenvalue weighted by atomic mass is 35.5. The molecule has 0 atom stereocenters. The van der Waals surface area contributed by atoms with Gasteiger partial charge in [0, 0.05) is 18.5 Å². The molecule has 0 saturated carbocycles. The van der Waals surface area contributed by atoms with E-state index in [-0.39, 0.29) is 16.9 Å². The third kappa shape index (κ3) is 2.15. The second-order valence-electron chi connectivity index (χ2n) is 5.35. The maximum atomic E-state index is 12.6. The van der Waals surface area contributed by atoms with Crippen molar-refractivity contribution in [3.05, 3.63) is 69.5 Å². The molecular weight excluding hydrogens is 346 g/mol. The van der Waals surface area contributed by atoms with E-state index in [2.05, 4.69) is 10.3 Å². The van der Waals surface area contributed by atoms with Gasteiger partial charge in [-0.2, -0.15) is 0 Å². The summed E-state index contributed by atoms with van der Waals surface area (Å²) in [4.78, 5) is 40.4. The number of halogens is 1. The Balaban J connectivity index is 2.08. The van der Waals surface area contributed by atoms with Crippen LogP contribution in [-0.2, 0) is 0 Å². The van der Waals surface area contributed by atoms with Gasteiger partial charge in [-0.25, -0.2) is 4.98 Å². The Hall–Kier alpha value is -3.39. The van der Waals surface area contributed by atoms with Gasteiger partial charge >= 0.3 is 0 Å². The van der Waals surface area contributed by atoms with Crippen LogP contribution in [-0.4, -0.2) is 25.9 Å². The predicted molar refractivity (Wildman–Crippen MR) is 90.4 cm³/mol. The molecule has 3 N–H and O–H groups in total. The van der Waals surface area contributed by atoms with Gasteiger partial charge in [0.2, 0.25) is 0 Å². The third-order valence-corrected chi connectivity index (χ3v) is 4.23. The summed E-state index contributed by atoms with van der Waals surface area (Å²) >= 11 is 6.31. The van der Waals surface area contributed by atoms with Crippen molar-refractivity contribution in [1.29, 1.82) is 0 Å². The topological polar surface area (TPSA) is 112 Å². The largest absolute Gasteiger partial charge is 0.384 e. The van der Waals surface area contributed by atoms with E-state index in [9.17, 15) is 14.4 Å². The molecule has 3 aromatic rings.